The molecular formula is C12H14N6OS. The highest BCUT2D eigenvalue weighted by atomic mass is 32.1. The summed E-state index contributed by atoms with van der Waals surface area (Å²) in [6.07, 6.45) is 3.71. The van der Waals surface area contributed by atoms with Crippen LogP contribution in [0.1, 0.15) is 21.9 Å². The first-order chi connectivity index (χ1) is 9.58. The number of nitrogens with one attached hydrogen (secondary N) is 1. The van der Waals surface area contributed by atoms with Gasteiger partial charge in [0.2, 0.25) is 0 Å². The molecule has 3 N–H and O–H groups in total. The Hall–Kier alpha value is -2.35. The second kappa shape index (κ2) is 6.20. The highest BCUT2D eigenvalue weighted by molar-refractivity contribution is 7.80. The number of carbonyl (C=O) groups is 1. The number of aryl methyl sites for hydroxylation is 1. The van der Waals surface area contributed by atoms with Crippen LogP contribution in [0.4, 0.5) is 0 Å². The molecular weight excluding hydrogens is 276 g/mol. The smallest absolute Gasteiger partial charge is 0.269 e. The Labute approximate surface area is 121 Å². The molecule has 2 aromatic heterocycles. The Balaban J connectivity index is 1.88. The molecule has 0 bridgehead atoms. The van der Waals surface area contributed by atoms with Crippen molar-refractivity contribution in [2.24, 2.45) is 12.8 Å². The fourth-order valence-corrected chi connectivity index (χ4v) is 1.71. The average Bonchev–Trinajstić information content (AvgIpc) is 2.84. The zero-order valence-electron chi connectivity index (χ0n) is 10.9. The first-order valence-corrected chi connectivity index (χ1v) is 6.35. The third-order valence-electron chi connectivity index (χ3n) is 2.72. The van der Waals surface area contributed by atoms with Gasteiger partial charge in [-0.25, -0.2) is 0 Å². The molecule has 8 heteroatoms. The number of amides is 1. The molecule has 0 atom stereocenters. The number of rotatable bonds is 5. The molecule has 0 aromatic carbocycles. The summed E-state index contributed by atoms with van der Waals surface area (Å²) in [7, 11) is 1.85. The number of aromatic nitrogens is 4. The number of pyridine rings is 1. The summed E-state index contributed by atoms with van der Waals surface area (Å²) in [6.45, 7) is 0.462. The molecule has 2 aromatic rings. The predicted octanol–water partition coefficient (Wildman–Crippen LogP) is -0.183. The molecule has 0 aliphatic rings. The van der Waals surface area contributed by atoms with Crippen LogP contribution in [-0.4, -0.2) is 37.2 Å². The number of hydrogen-bond donors (Lipinski definition) is 2. The van der Waals surface area contributed by atoms with Crippen molar-refractivity contribution in [2.45, 2.75) is 6.42 Å². The van der Waals surface area contributed by atoms with Gasteiger partial charge < -0.3 is 15.6 Å². The summed E-state index contributed by atoms with van der Waals surface area (Å²) in [5.41, 5.74) is 6.42. The summed E-state index contributed by atoms with van der Waals surface area (Å²) in [6, 6.07) is 3.26. The number of nitrogens with two attached hydrogens (primary N) is 1. The Morgan fingerprint density at radius 2 is 2.30 bits per heavy atom. The van der Waals surface area contributed by atoms with E-state index in [9.17, 15) is 4.79 Å². The van der Waals surface area contributed by atoms with E-state index in [2.05, 4.69) is 20.5 Å². The third-order valence-corrected chi connectivity index (χ3v) is 2.96. The van der Waals surface area contributed by atoms with Crippen LogP contribution in [0.2, 0.25) is 0 Å². The van der Waals surface area contributed by atoms with E-state index in [-0.39, 0.29) is 10.9 Å². The standard InChI is InChI=1S/C12H14N6OS/c1-18-7-16-17-10(18)4-5-14-12(19)9-3-2-8(6-15-9)11(13)20/h2-3,6-7H,4-5H2,1H3,(H2,13,20)(H,14,19). The molecule has 0 saturated carbocycles. The van der Waals surface area contributed by atoms with Crippen LogP contribution in [0.25, 0.3) is 0 Å². The molecule has 2 heterocycles. The molecule has 104 valence electrons. The summed E-state index contributed by atoms with van der Waals surface area (Å²) >= 11 is 4.82. The second-order valence-corrected chi connectivity index (χ2v) is 4.60. The maximum atomic E-state index is 11.9. The van der Waals surface area contributed by atoms with Crippen molar-refractivity contribution in [1.29, 1.82) is 0 Å². The summed E-state index contributed by atoms with van der Waals surface area (Å²) in [5, 5.41) is 10.5. The highest BCUT2D eigenvalue weighted by Crippen LogP contribution is 2.00. The molecule has 0 radical (unpaired) electrons. The van der Waals surface area contributed by atoms with Crippen molar-refractivity contribution in [3.8, 4) is 0 Å². The molecule has 7 nitrogen and oxygen atoms in total. The van der Waals surface area contributed by atoms with Crippen LogP contribution in [0.15, 0.2) is 24.7 Å². The lowest BCUT2D eigenvalue weighted by Crippen LogP contribution is -2.27. The van der Waals surface area contributed by atoms with E-state index in [0.717, 1.165) is 5.82 Å². The van der Waals surface area contributed by atoms with Crippen molar-refractivity contribution in [2.75, 3.05) is 6.54 Å². The van der Waals surface area contributed by atoms with Gasteiger partial charge in [0, 0.05) is 31.8 Å². The van der Waals surface area contributed by atoms with Gasteiger partial charge in [-0.3, -0.25) is 9.78 Å². The van der Waals surface area contributed by atoms with Crippen LogP contribution in [0, 0.1) is 0 Å². The lowest BCUT2D eigenvalue weighted by Gasteiger charge is -2.05. The molecule has 0 saturated heterocycles. The van der Waals surface area contributed by atoms with Crippen molar-refractivity contribution >= 4 is 23.1 Å². The largest absolute Gasteiger partial charge is 0.389 e. The van der Waals surface area contributed by atoms with E-state index in [0.29, 0.717) is 24.2 Å². The number of carbonyl (C=O) groups excluding carboxylic acids is 1. The van der Waals surface area contributed by atoms with Gasteiger partial charge >= 0.3 is 0 Å². The Morgan fingerprint density at radius 3 is 2.85 bits per heavy atom. The third kappa shape index (κ3) is 3.35. The van der Waals surface area contributed by atoms with Crippen molar-refractivity contribution in [1.82, 2.24) is 25.1 Å². The summed E-state index contributed by atoms with van der Waals surface area (Å²) in [4.78, 5) is 16.1. The van der Waals surface area contributed by atoms with Crippen molar-refractivity contribution in [3.05, 3.63) is 41.7 Å². The first kappa shape index (κ1) is 14.1. The van der Waals surface area contributed by atoms with Crippen LogP contribution in [0.3, 0.4) is 0 Å². The maximum Gasteiger partial charge on any atom is 0.269 e. The highest BCUT2D eigenvalue weighted by Gasteiger charge is 2.08. The quantitative estimate of drug-likeness (QED) is 0.741. The van der Waals surface area contributed by atoms with Crippen molar-refractivity contribution in [3.63, 3.8) is 0 Å². The van der Waals surface area contributed by atoms with Gasteiger partial charge in [-0.1, -0.05) is 12.2 Å². The van der Waals surface area contributed by atoms with E-state index < -0.39 is 0 Å². The SMILES string of the molecule is Cn1cnnc1CCNC(=O)c1ccc(C(N)=S)cn1. The lowest BCUT2D eigenvalue weighted by atomic mass is 10.2. The van der Waals surface area contributed by atoms with E-state index in [4.69, 9.17) is 18.0 Å². The predicted molar refractivity (Wildman–Crippen MR) is 77.2 cm³/mol. The zero-order valence-corrected chi connectivity index (χ0v) is 11.7. The lowest BCUT2D eigenvalue weighted by molar-refractivity contribution is 0.0949. The molecule has 20 heavy (non-hydrogen) atoms. The maximum absolute atomic E-state index is 11.9. The Bertz CT molecular complexity index is 621. The van der Waals surface area contributed by atoms with Gasteiger partial charge in [0.05, 0.1) is 0 Å². The fourth-order valence-electron chi connectivity index (χ4n) is 1.59. The van der Waals surface area contributed by atoms with Crippen LogP contribution in [-0.2, 0) is 13.5 Å². The van der Waals surface area contributed by atoms with Crippen LogP contribution < -0.4 is 11.1 Å². The molecule has 1 amide bonds. The number of nitrogens with zero attached hydrogens (tertiary/aromatic N) is 4. The minimum absolute atomic E-state index is 0.248. The van der Waals surface area contributed by atoms with Gasteiger partial charge in [-0.05, 0) is 12.1 Å². The minimum atomic E-state index is -0.248. The zero-order chi connectivity index (χ0) is 14.5. The summed E-state index contributed by atoms with van der Waals surface area (Å²) in [5.74, 6) is 0.559. The fraction of sp³-hybridized carbons (Fsp3) is 0.250. The van der Waals surface area contributed by atoms with Gasteiger partial charge in [0.15, 0.2) is 0 Å². The van der Waals surface area contributed by atoms with E-state index in [1.54, 1.807) is 23.0 Å². The molecule has 0 fully saturated rings. The van der Waals surface area contributed by atoms with E-state index in [1.165, 1.54) is 6.20 Å². The molecule has 0 unspecified atom stereocenters. The van der Waals surface area contributed by atoms with Gasteiger partial charge in [-0.2, -0.15) is 0 Å². The normalized spacial score (nSPS) is 10.2. The first-order valence-electron chi connectivity index (χ1n) is 5.95. The van der Waals surface area contributed by atoms with Gasteiger partial charge in [-0.15, -0.1) is 10.2 Å². The Kier molecular flexibility index (Phi) is 4.36. The van der Waals surface area contributed by atoms with Crippen LogP contribution >= 0.6 is 12.2 Å². The molecule has 0 aliphatic carbocycles. The van der Waals surface area contributed by atoms with Gasteiger partial charge in [0.25, 0.3) is 5.91 Å². The topological polar surface area (TPSA) is 98.7 Å². The van der Waals surface area contributed by atoms with Gasteiger partial charge in [0.1, 0.15) is 22.8 Å². The number of hydrogen-bond acceptors (Lipinski definition) is 5. The van der Waals surface area contributed by atoms with E-state index in [1.807, 2.05) is 7.05 Å². The monoisotopic (exact) mass is 290 g/mol. The molecule has 0 spiro atoms. The number of thiocarbonyl (C=S) groups is 1. The van der Waals surface area contributed by atoms with Crippen LogP contribution in [0.5, 0.6) is 0 Å². The molecule has 0 aliphatic heterocycles. The van der Waals surface area contributed by atoms with Crippen molar-refractivity contribution < 1.29 is 4.79 Å². The second-order valence-electron chi connectivity index (χ2n) is 4.16. The molecule has 2 rings (SSSR count). The average molecular weight is 290 g/mol. The van der Waals surface area contributed by atoms with E-state index >= 15 is 0 Å². The Morgan fingerprint density at radius 1 is 1.50 bits per heavy atom. The summed E-state index contributed by atoms with van der Waals surface area (Å²) < 4.78 is 1.81. The minimum Gasteiger partial charge on any atom is -0.389 e.